The van der Waals surface area contributed by atoms with Gasteiger partial charge in [0.05, 0.1) is 5.69 Å². The maximum Gasteiger partial charge on any atom is 0.265 e. The predicted molar refractivity (Wildman–Crippen MR) is 99.9 cm³/mol. The summed E-state index contributed by atoms with van der Waals surface area (Å²) in [4.78, 5) is 19.6. The molecule has 24 heavy (non-hydrogen) atoms. The van der Waals surface area contributed by atoms with Crippen molar-refractivity contribution in [3.05, 3.63) is 40.7 Å². The lowest BCUT2D eigenvalue weighted by molar-refractivity contribution is 0.0718. The summed E-state index contributed by atoms with van der Waals surface area (Å²) in [6.07, 6.45) is 1.68. The second-order valence-electron chi connectivity index (χ2n) is 5.57. The summed E-state index contributed by atoms with van der Waals surface area (Å²) in [6.45, 7) is 3.24. The van der Waals surface area contributed by atoms with Gasteiger partial charge in [-0.15, -0.1) is 36.2 Å². The van der Waals surface area contributed by atoms with Gasteiger partial charge in [-0.05, 0) is 44.0 Å². The van der Waals surface area contributed by atoms with Gasteiger partial charge in [-0.2, -0.15) is 0 Å². The highest BCUT2D eigenvalue weighted by atomic mass is 35.5. The van der Waals surface area contributed by atoms with E-state index in [2.05, 4.69) is 4.98 Å². The quantitative estimate of drug-likeness (QED) is 0.849. The van der Waals surface area contributed by atoms with Crippen molar-refractivity contribution in [2.45, 2.75) is 25.8 Å². The molecular formula is C16H20Cl2FN3OS. The van der Waals surface area contributed by atoms with Crippen molar-refractivity contribution < 1.29 is 9.18 Å². The number of benzene rings is 1. The Bertz CT molecular complexity index is 685. The van der Waals surface area contributed by atoms with Gasteiger partial charge in [-0.3, -0.25) is 4.79 Å². The molecule has 0 unspecified atom stereocenters. The number of piperidine rings is 1. The van der Waals surface area contributed by atoms with Gasteiger partial charge in [0, 0.05) is 24.7 Å². The number of hydrogen-bond donors (Lipinski definition) is 1. The first-order valence-electron chi connectivity index (χ1n) is 7.33. The van der Waals surface area contributed by atoms with E-state index in [1.54, 1.807) is 12.1 Å². The molecule has 0 spiro atoms. The van der Waals surface area contributed by atoms with Crippen molar-refractivity contribution >= 4 is 42.1 Å². The molecule has 2 N–H and O–H groups in total. The van der Waals surface area contributed by atoms with E-state index in [-0.39, 0.29) is 42.6 Å². The average molecular weight is 392 g/mol. The average Bonchev–Trinajstić information content (AvgIpc) is 2.90. The van der Waals surface area contributed by atoms with Crippen LogP contribution >= 0.6 is 36.2 Å². The molecule has 132 valence electrons. The van der Waals surface area contributed by atoms with E-state index in [9.17, 15) is 9.18 Å². The van der Waals surface area contributed by atoms with Crippen molar-refractivity contribution in [2.24, 2.45) is 5.73 Å². The molecule has 1 amide bonds. The molecule has 1 saturated heterocycles. The smallest absolute Gasteiger partial charge is 0.265 e. The van der Waals surface area contributed by atoms with Gasteiger partial charge in [-0.1, -0.05) is 0 Å². The number of aromatic nitrogens is 1. The molecule has 0 atom stereocenters. The molecular weight excluding hydrogens is 372 g/mol. The number of carbonyl (C=O) groups is 1. The van der Waals surface area contributed by atoms with Gasteiger partial charge in [0.25, 0.3) is 5.91 Å². The first kappa shape index (κ1) is 20.8. The number of likely N-dealkylation sites (tertiary alicyclic amines) is 1. The lowest BCUT2D eigenvalue weighted by atomic mass is 10.1. The van der Waals surface area contributed by atoms with Gasteiger partial charge in [0.1, 0.15) is 15.7 Å². The van der Waals surface area contributed by atoms with Crippen molar-refractivity contribution in [3.8, 4) is 10.6 Å². The van der Waals surface area contributed by atoms with E-state index >= 15 is 0 Å². The van der Waals surface area contributed by atoms with E-state index < -0.39 is 0 Å². The van der Waals surface area contributed by atoms with Gasteiger partial charge >= 0.3 is 0 Å². The molecule has 0 bridgehead atoms. The van der Waals surface area contributed by atoms with Gasteiger partial charge in [0.2, 0.25) is 0 Å². The standard InChI is InChI=1S/C16H18FN3OS.2ClH/c1-10-14(16(21)20-8-6-13(18)7-9-20)22-15(19-10)11-2-4-12(17)5-3-11;;/h2-5,13H,6-9,18H2,1H3;2*1H. The second-order valence-corrected chi connectivity index (χ2v) is 6.57. The SMILES string of the molecule is Cc1nc(-c2ccc(F)cc2)sc1C(=O)N1CCC(N)CC1.Cl.Cl. The third kappa shape index (κ3) is 4.45. The summed E-state index contributed by atoms with van der Waals surface area (Å²) in [5, 5.41) is 0.745. The van der Waals surface area contributed by atoms with Crippen LogP contribution in [0.5, 0.6) is 0 Å². The highest BCUT2D eigenvalue weighted by molar-refractivity contribution is 7.17. The summed E-state index contributed by atoms with van der Waals surface area (Å²) < 4.78 is 13.0. The number of hydrogen-bond acceptors (Lipinski definition) is 4. The lowest BCUT2D eigenvalue weighted by Crippen LogP contribution is -2.42. The Morgan fingerprint density at radius 3 is 2.42 bits per heavy atom. The Morgan fingerprint density at radius 2 is 1.83 bits per heavy atom. The van der Waals surface area contributed by atoms with Crippen molar-refractivity contribution in [1.82, 2.24) is 9.88 Å². The zero-order valence-corrected chi connectivity index (χ0v) is 15.6. The van der Waals surface area contributed by atoms with Crippen molar-refractivity contribution in [3.63, 3.8) is 0 Å². The first-order valence-corrected chi connectivity index (χ1v) is 8.14. The Labute approximate surface area is 157 Å². The van der Waals surface area contributed by atoms with Crippen molar-refractivity contribution in [2.75, 3.05) is 13.1 Å². The van der Waals surface area contributed by atoms with E-state index in [1.165, 1.54) is 23.5 Å². The monoisotopic (exact) mass is 391 g/mol. The van der Waals surface area contributed by atoms with E-state index in [0.717, 1.165) is 29.1 Å². The highest BCUT2D eigenvalue weighted by Crippen LogP contribution is 2.29. The number of thiazole rings is 1. The molecule has 4 nitrogen and oxygen atoms in total. The Balaban J connectivity index is 0.00000144. The van der Waals surface area contributed by atoms with Gasteiger partial charge in [-0.25, -0.2) is 9.37 Å². The maximum atomic E-state index is 13.0. The Kier molecular flexibility index (Phi) is 7.60. The molecule has 0 saturated carbocycles. The van der Waals surface area contributed by atoms with Crippen LogP contribution in [0.2, 0.25) is 0 Å². The van der Waals surface area contributed by atoms with Crippen LogP contribution in [-0.4, -0.2) is 34.9 Å². The summed E-state index contributed by atoms with van der Waals surface area (Å²) in [5.41, 5.74) is 7.43. The molecule has 2 heterocycles. The largest absolute Gasteiger partial charge is 0.338 e. The van der Waals surface area contributed by atoms with Crippen LogP contribution in [0.1, 0.15) is 28.2 Å². The number of nitrogens with zero attached hydrogens (tertiary/aromatic N) is 2. The summed E-state index contributed by atoms with van der Waals surface area (Å²) in [5.74, 6) is -0.256. The number of halogens is 3. The normalized spacial score (nSPS) is 14.7. The molecule has 1 fully saturated rings. The fourth-order valence-electron chi connectivity index (χ4n) is 2.56. The molecule has 2 aromatic rings. The highest BCUT2D eigenvalue weighted by Gasteiger charge is 2.25. The molecule has 1 aromatic heterocycles. The number of nitrogens with two attached hydrogens (primary N) is 1. The van der Waals surface area contributed by atoms with Crippen molar-refractivity contribution in [1.29, 1.82) is 0 Å². The molecule has 1 aliphatic rings. The number of carbonyl (C=O) groups excluding carboxylic acids is 1. The van der Waals surface area contributed by atoms with E-state index in [4.69, 9.17) is 5.73 Å². The topological polar surface area (TPSA) is 59.2 Å². The van der Waals surface area contributed by atoms with Crippen LogP contribution in [0.4, 0.5) is 4.39 Å². The molecule has 0 aliphatic carbocycles. The van der Waals surface area contributed by atoms with Gasteiger partial charge in [0.15, 0.2) is 0 Å². The fourth-order valence-corrected chi connectivity index (χ4v) is 3.60. The molecule has 0 radical (unpaired) electrons. The molecule has 1 aromatic carbocycles. The minimum absolute atomic E-state index is 0. The predicted octanol–water partition coefficient (Wildman–Crippen LogP) is 3.66. The number of rotatable bonds is 2. The van der Waals surface area contributed by atoms with Crippen LogP contribution in [0.15, 0.2) is 24.3 Å². The second kappa shape index (κ2) is 8.76. The third-order valence-corrected chi connectivity index (χ3v) is 5.10. The minimum atomic E-state index is -0.280. The zero-order chi connectivity index (χ0) is 15.7. The minimum Gasteiger partial charge on any atom is -0.338 e. The summed E-state index contributed by atoms with van der Waals surface area (Å²) in [7, 11) is 0. The number of amides is 1. The van der Waals surface area contributed by atoms with E-state index in [1.807, 2.05) is 11.8 Å². The summed E-state index contributed by atoms with van der Waals surface area (Å²) in [6, 6.07) is 6.37. The Morgan fingerprint density at radius 1 is 1.25 bits per heavy atom. The lowest BCUT2D eigenvalue weighted by Gasteiger charge is -2.29. The van der Waals surface area contributed by atoms with Crippen LogP contribution in [0, 0.1) is 12.7 Å². The summed E-state index contributed by atoms with van der Waals surface area (Å²) >= 11 is 1.36. The first-order chi connectivity index (χ1) is 10.5. The van der Waals surface area contributed by atoms with Gasteiger partial charge < -0.3 is 10.6 Å². The Hall–Kier alpha value is -1.21. The van der Waals surface area contributed by atoms with Crippen LogP contribution in [0.25, 0.3) is 10.6 Å². The maximum absolute atomic E-state index is 13.0. The zero-order valence-electron chi connectivity index (χ0n) is 13.2. The van der Waals surface area contributed by atoms with E-state index in [0.29, 0.717) is 18.0 Å². The number of aryl methyl sites for hydroxylation is 1. The molecule has 1 aliphatic heterocycles. The van der Waals surface area contributed by atoms with Crippen LogP contribution < -0.4 is 5.73 Å². The molecule has 8 heteroatoms. The van der Waals surface area contributed by atoms with Crippen LogP contribution in [0.3, 0.4) is 0 Å². The fraction of sp³-hybridized carbons (Fsp3) is 0.375. The third-order valence-electron chi connectivity index (χ3n) is 3.91. The van der Waals surface area contributed by atoms with Crippen LogP contribution in [-0.2, 0) is 0 Å². The molecule has 3 rings (SSSR count).